The molecule has 1 aromatic carbocycles. The summed E-state index contributed by atoms with van der Waals surface area (Å²) in [4.78, 5) is 28.6. The Kier molecular flexibility index (Phi) is 4.63. The monoisotopic (exact) mass is 317 g/mol. The van der Waals surface area contributed by atoms with E-state index >= 15 is 0 Å². The molecule has 6 nitrogen and oxygen atoms in total. The molecule has 2 N–H and O–H groups in total. The molecule has 0 aromatic heterocycles. The Morgan fingerprint density at radius 1 is 1.30 bits per heavy atom. The maximum absolute atomic E-state index is 12.5. The average molecular weight is 317 g/mol. The molecule has 1 saturated heterocycles. The molecule has 0 unspecified atom stereocenters. The van der Waals surface area contributed by atoms with Gasteiger partial charge in [0.2, 0.25) is 11.8 Å². The fourth-order valence-corrected chi connectivity index (χ4v) is 3.34. The highest BCUT2D eigenvalue weighted by atomic mass is 16.3. The van der Waals surface area contributed by atoms with E-state index in [2.05, 4.69) is 10.2 Å². The van der Waals surface area contributed by atoms with E-state index in [1.54, 1.807) is 6.92 Å². The van der Waals surface area contributed by atoms with Crippen LogP contribution in [0.25, 0.3) is 0 Å². The molecule has 0 radical (unpaired) electrons. The molecule has 2 heterocycles. The van der Waals surface area contributed by atoms with E-state index in [0.717, 1.165) is 24.3 Å². The Balaban J connectivity index is 1.57. The topological polar surface area (TPSA) is 72.9 Å². The van der Waals surface area contributed by atoms with Gasteiger partial charge in [-0.3, -0.25) is 14.5 Å². The van der Waals surface area contributed by atoms with Crippen LogP contribution in [-0.4, -0.2) is 65.5 Å². The Bertz CT molecular complexity index is 595. The molecule has 1 fully saturated rings. The van der Waals surface area contributed by atoms with E-state index in [1.807, 2.05) is 29.2 Å². The lowest BCUT2D eigenvalue weighted by atomic mass is 9.96. The second kappa shape index (κ2) is 6.68. The van der Waals surface area contributed by atoms with Crippen molar-refractivity contribution < 1.29 is 14.7 Å². The number of carbonyl (C=O) groups is 2. The third-order valence-electron chi connectivity index (χ3n) is 4.54. The summed E-state index contributed by atoms with van der Waals surface area (Å²) in [6, 6.07) is 7.55. The SMILES string of the molecule is C[C@H](O)CN1CCN(C(=O)C[C@H]2C(=O)Nc3ccccc32)CC1. The number of fused-ring (bicyclic) bond motifs is 1. The van der Waals surface area contributed by atoms with Crippen molar-refractivity contribution in [1.29, 1.82) is 0 Å². The minimum atomic E-state index is -0.380. The molecule has 0 saturated carbocycles. The van der Waals surface area contributed by atoms with Crippen LogP contribution in [0, 0.1) is 0 Å². The summed E-state index contributed by atoms with van der Waals surface area (Å²) in [6.07, 6.45) is -0.130. The maximum atomic E-state index is 12.5. The number of rotatable bonds is 4. The summed E-state index contributed by atoms with van der Waals surface area (Å²) < 4.78 is 0. The number of benzene rings is 1. The average Bonchev–Trinajstić information content (AvgIpc) is 2.83. The van der Waals surface area contributed by atoms with Crippen LogP contribution in [0.3, 0.4) is 0 Å². The molecule has 0 aliphatic carbocycles. The lowest BCUT2D eigenvalue weighted by Crippen LogP contribution is -2.50. The number of aliphatic hydroxyl groups is 1. The largest absolute Gasteiger partial charge is 0.392 e. The number of piperazine rings is 1. The fraction of sp³-hybridized carbons (Fsp3) is 0.529. The van der Waals surface area contributed by atoms with Crippen LogP contribution in [0.4, 0.5) is 5.69 Å². The first-order valence-corrected chi connectivity index (χ1v) is 8.12. The van der Waals surface area contributed by atoms with Crippen LogP contribution >= 0.6 is 0 Å². The van der Waals surface area contributed by atoms with Gasteiger partial charge in [-0.15, -0.1) is 0 Å². The molecular weight excluding hydrogens is 294 g/mol. The normalized spacial score (nSPS) is 22.6. The zero-order valence-corrected chi connectivity index (χ0v) is 13.4. The van der Waals surface area contributed by atoms with Gasteiger partial charge in [0.25, 0.3) is 0 Å². The number of β-amino-alcohol motifs (C(OH)–C–C–N with tert-alkyl or cyclic N) is 1. The van der Waals surface area contributed by atoms with Crippen molar-refractivity contribution in [2.45, 2.75) is 25.4 Å². The standard InChI is InChI=1S/C17H23N3O3/c1-12(21)11-19-6-8-20(9-7-19)16(22)10-14-13-4-2-3-5-15(13)18-17(14)23/h2-5,12,14,21H,6-11H2,1H3,(H,18,23)/t12-,14+/m0/s1. The van der Waals surface area contributed by atoms with E-state index in [9.17, 15) is 14.7 Å². The summed E-state index contributed by atoms with van der Waals surface area (Å²) in [5, 5.41) is 12.3. The van der Waals surface area contributed by atoms with Gasteiger partial charge >= 0.3 is 0 Å². The summed E-state index contributed by atoms with van der Waals surface area (Å²) >= 11 is 0. The molecule has 2 atom stereocenters. The quantitative estimate of drug-likeness (QED) is 0.855. The molecule has 2 aliphatic heterocycles. The van der Waals surface area contributed by atoms with Crippen LogP contribution in [0.5, 0.6) is 0 Å². The minimum absolute atomic E-state index is 0.0264. The minimum Gasteiger partial charge on any atom is -0.392 e. The summed E-state index contributed by atoms with van der Waals surface area (Å²) in [7, 11) is 0. The van der Waals surface area contributed by atoms with Gasteiger partial charge in [-0.25, -0.2) is 0 Å². The van der Waals surface area contributed by atoms with E-state index < -0.39 is 0 Å². The Labute approximate surface area is 136 Å². The molecule has 124 valence electrons. The Hall–Kier alpha value is -1.92. The van der Waals surface area contributed by atoms with Gasteiger partial charge < -0.3 is 15.3 Å². The van der Waals surface area contributed by atoms with Gasteiger partial charge in [-0.2, -0.15) is 0 Å². The van der Waals surface area contributed by atoms with E-state index in [-0.39, 0.29) is 30.3 Å². The number of anilines is 1. The van der Waals surface area contributed by atoms with Crippen LogP contribution in [0.2, 0.25) is 0 Å². The highest BCUT2D eigenvalue weighted by molar-refractivity contribution is 6.04. The number of para-hydroxylation sites is 1. The molecule has 2 amide bonds. The lowest BCUT2D eigenvalue weighted by molar-refractivity contribution is -0.135. The fourth-order valence-electron chi connectivity index (χ4n) is 3.34. The van der Waals surface area contributed by atoms with Gasteiger partial charge in [0.15, 0.2) is 0 Å². The second-order valence-corrected chi connectivity index (χ2v) is 6.36. The van der Waals surface area contributed by atoms with Crippen molar-refractivity contribution in [2.24, 2.45) is 0 Å². The molecular formula is C17H23N3O3. The predicted molar refractivity (Wildman–Crippen MR) is 87.1 cm³/mol. The number of hydrogen-bond acceptors (Lipinski definition) is 4. The van der Waals surface area contributed by atoms with Crippen molar-refractivity contribution in [3.8, 4) is 0 Å². The van der Waals surface area contributed by atoms with Crippen LogP contribution < -0.4 is 5.32 Å². The van der Waals surface area contributed by atoms with Crippen molar-refractivity contribution in [1.82, 2.24) is 9.80 Å². The molecule has 0 bridgehead atoms. The smallest absolute Gasteiger partial charge is 0.232 e. The van der Waals surface area contributed by atoms with E-state index in [0.29, 0.717) is 19.6 Å². The van der Waals surface area contributed by atoms with Gasteiger partial charge in [0.05, 0.1) is 12.0 Å². The maximum Gasteiger partial charge on any atom is 0.232 e. The number of hydrogen-bond donors (Lipinski definition) is 2. The van der Waals surface area contributed by atoms with Gasteiger partial charge in [0, 0.05) is 44.8 Å². The molecule has 2 aliphatic rings. The molecule has 6 heteroatoms. The highest BCUT2D eigenvalue weighted by Gasteiger charge is 2.33. The van der Waals surface area contributed by atoms with Gasteiger partial charge in [-0.1, -0.05) is 18.2 Å². The van der Waals surface area contributed by atoms with E-state index in [1.165, 1.54) is 0 Å². The van der Waals surface area contributed by atoms with Crippen molar-refractivity contribution in [3.05, 3.63) is 29.8 Å². The third-order valence-corrected chi connectivity index (χ3v) is 4.54. The van der Waals surface area contributed by atoms with Crippen LogP contribution in [-0.2, 0) is 9.59 Å². The van der Waals surface area contributed by atoms with Crippen LogP contribution in [0.15, 0.2) is 24.3 Å². The van der Waals surface area contributed by atoms with Gasteiger partial charge in [-0.05, 0) is 18.6 Å². The first kappa shape index (κ1) is 16.0. The first-order valence-electron chi connectivity index (χ1n) is 8.12. The van der Waals surface area contributed by atoms with Crippen molar-refractivity contribution in [2.75, 3.05) is 38.0 Å². The number of aliphatic hydroxyl groups excluding tert-OH is 1. The first-order chi connectivity index (χ1) is 11.0. The van der Waals surface area contributed by atoms with Crippen molar-refractivity contribution >= 4 is 17.5 Å². The number of nitrogens with one attached hydrogen (secondary N) is 1. The Morgan fingerprint density at radius 3 is 2.70 bits per heavy atom. The predicted octanol–water partition coefficient (Wildman–Crippen LogP) is 0.637. The number of amides is 2. The zero-order chi connectivity index (χ0) is 16.4. The Morgan fingerprint density at radius 2 is 2.00 bits per heavy atom. The molecule has 3 rings (SSSR count). The number of nitrogens with zero attached hydrogens (tertiary/aromatic N) is 2. The van der Waals surface area contributed by atoms with Gasteiger partial charge in [0.1, 0.15) is 0 Å². The second-order valence-electron chi connectivity index (χ2n) is 6.36. The molecule has 1 aromatic rings. The lowest BCUT2D eigenvalue weighted by Gasteiger charge is -2.35. The zero-order valence-electron chi connectivity index (χ0n) is 13.4. The number of carbonyl (C=O) groups excluding carboxylic acids is 2. The summed E-state index contributed by atoms with van der Waals surface area (Å²) in [5.74, 6) is -0.444. The summed E-state index contributed by atoms with van der Waals surface area (Å²) in [6.45, 7) is 5.26. The van der Waals surface area contributed by atoms with Crippen molar-refractivity contribution in [3.63, 3.8) is 0 Å². The highest BCUT2D eigenvalue weighted by Crippen LogP contribution is 2.34. The van der Waals surface area contributed by atoms with Crippen LogP contribution in [0.1, 0.15) is 24.8 Å². The van der Waals surface area contributed by atoms with E-state index in [4.69, 9.17) is 0 Å². The molecule has 23 heavy (non-hydrogen) atoms. The third kappa shape index (κ3) is 3.54. The summed E-state index contributed by atoms with van der Waals surface area (Å²) in [5.41, 5.74) is 1.73. The molecule has 0 spiro atoms.